The van der Waals surface area contributed by atoms with Gasteiger partial charge in [-0.2, -0.15) is 9.78 Å². The molecule has 11 heteroatoms. The molecule has 1 aliphatic heterocycles. The summed E-state index contributed by atoms with van der Waals surface area (Å²) < 4.78 is 17.8. The predicted molar refractivity (Wildman–Crippen MR) is 156 cm³/mol. The number of fused-ring (bicyclic) bond motifs is 1. The van der Waals surface area contributed by atoms with Gasteiger partial charge in [0.15, 0.2) is 0 Å². The van der Waals surface area contributed by atoms with Crippen LogP contribution in [0, 0.1) is 47.3 Å². The first-order valence-electron chi connectivity index (χ1n) is 16.9. The fraction of sp³-hybridized carbons (Fsp3) is 0.848. The number of ether oxygens (including phenoxy) is 3. The highest BCUT2D eigenvalue weighted by molar-refractivity contribution is 5.77. The highest BCUT2D eigenvalue weighted by atomic mass is 17.3. The third kappa shape index (κ3) is 5.90. The summed E-state index contributed by atoms with van der Waals surface area (Å²) in [6, 6.07) is 0. The molecule has 7 aliphatic carbocycles. The van der Waals surface area contributed by atoms with Gasteiger partial charge in [-0.1, -0.05) is 0 Å². The van der Waals surface area contributed by atoms with Gasteiger partial charge in [-0.3, -0.25) is 4.79 Å². The molecule has 7 fully saturated rings. The Balaban J connectivity index is 0.856. The fourth-order valence-electron chi connectivity index (χ4n) is 9.78. The average molecular weight is 614 g/mol. The third-order valence-corrected chi connectivity index (χ3v) is 11.6. The average Bonchev–Trinajstić information content (AvgIpc) is 3.48. The molecule has 11 nitrogen and oxygen atoms in total. The Bertz CT molecular complexity index is 1170. The minimum absolute atomic E-state index is 0.0232. The summed E-state index contributed by atoms with van der Waals surface area (Å²) >= 11 is 0. The predicted octanol–water partition coefficient (Wildman–Crippen LogP) is 4.30. The van der Waals surface area contributed by atoms with Crippen LogP contribution in [-0.4, -0.2) is 61.5 Å². The Kier molecular flexibility index (Phi) is 8.21. The molecule has 1 heterocycles. The molecule has 3 amide bonds. The summed E-state index contributed by atoms with van der Waals surface area (Å²) in [6.07, 6.45) is 11.2. The lowest BCUT2D eigenvalue weighted by molar-refractivity contribution is -0.392. The molecular weight excluding hydrogens is 566 g/mol. The summed E-state index contributed by atoms with van der Waals surface area (Å²) in [7, 11) is 1.55. The summed E-state index contributed by atoms with van der Waals surface area (Å²) in [4.78, 5) is 49.3. The Labute approximate surface area is 259 Å². The highest BCUT2D eigenvalue weighted by Crippen LogP contribution is 2.65. The van der Waals surface area contributed by atoms with Crippen molar-refractivity contribution in [3.8, 4) is 11.8 Å². The second kappa shape index (κ2) is 12.0. The van der Waals surface area contributed by atoms with Gasteiger partial charge in [0.25, 0.3) is 0 Å². The number of carbonyl (C=O) groups is 3. The van der Waals surface area contributed by atoms with Crippen molar-refractivity contribution in [2.45, 2.75) is 120 Å². The smallest absolute Gasteiger partial charge is 0.407 e. The van der Waals surface area contributed by atoms with Gasteiger partial charge in [-0.25, -0.2) is 9.59 Å². The molecule has 8 rings (SSSR count). The van der Waals surface area contributed by atoms with Crippen LogP contribution in [0.5, 0.6) is 0 Å². The lowest BCUT2D eigenvalue weighted by Gasteiger charge is -2.62. The van der Waals surface area contributed by atoms with E-state index in [1.54, 1.807) is 7.05 Å². The van der Waals surface area contributed by atoms with Crippen molar-refractivity contribution >= 4 is 18.1 Å². The number of carbonyl (C=O) groups excluding carboxylic acids is 3. The summed E-state index contributed by atoms with van der Waals surface area (Å²) in [5, 5.41) is 8.74. The standard InChI is InChI=1S/C33H47N3O8/c1-34-29(38)41-24-8-6-12-32(19-24)42-33(44-43-32)22-14-21-15-23(33)18-31(16-21,17-22)36-28(37)11-7-13-35-30(39)40-20-27-25-9-4-2-3-5-10-26(25)27/h21-27H,4-20H2,1H3,(H,34,38)(H,35,39)(H,36,37)/t21?,22?,23?,24?,25-,26+,27?,31?,32-,33?/m1/s1. The van der Waals surface area contributed by atoms with E-state index in [0.29, 0.717) is 62.5 Å². The van der Waals surface area contributed by atoms with Crippen molar-refractivity contribution in [1.29, 1.82) is 0 Å². The first-order valence-corrected chi connectivity index (χ1v) is 16.9. The van der Waals surface area contributed by atoms with Crippen molar-refractivity contribution < 1.29 is 38.4 Å². The maximum absolute atomic E-state index is 13.1. The van der Waals surface area contributed by atoms with Crippen LogP contribution in [0.1, 0.15) is 96.3 Å². The molecule has 6 saturated carbocycles. The number of hydrogen-bond donors (Lipinski definition) is 3. The number of nitrogens with one attached hydrogen (secondary N) is 3. The van der Waals surface area contributed by atoms with E-state index in [-0.39, 0.29) is 29.4 Å². The normalized spacial score (nSPS) is 42.8. The molecular formula is C33H47N3O8. The van der Waals surface area contributed by atoms with Gasteiger partial charge < -0.3 is 30.2 Å². The van der Waals surface area contributed by atoms with Crippen LogP contribution in [0.3, 0.4) is 0 Å². The Morgan fingerprint density at radius 2 is 1.68 bits per heavy atom. The van der Waals surface area contributed by atoms with Crippen LogP contribution in [-0.2, 0) is 28.8 Å². The Morgan fingerprint density at radius 3 is 2.41 bits per heavy atom. The van der Waals surface area contributed by atoms with Gasteiger partial charge in [-0.05, 0) is 87.9 Å². The van der Waals surface area contributed by atoms with E-state index in [1.165, 1.54) is 0 Å². The zero-order valence-corrected chi connectivity index (χ0v) is 25.8. The summed E-state index contributed by atoms with van der Waals surface area (Å²) in [6.45, 7) is 0.881. The van der Waals surface area contributed by atoms with E-state index in [2.05, 4.69) is 27.8 Å². The van der Waals surface area contributed by atoms with Crippen molar-refractivity contribution in [2.24, 2.45) is 35.5 Å². The van der Waals surface area contributed by atoms with Gasteiger partial charge >= 0.3 is 12.2 Å². The first-order chi connectivity index (χ1) is 21.3. The molecule has 0 aromatic carbocycles. The van der Waals surface area contributed by atoms with E-state index in [9.17, 15) is 14.4 Å². The molecule has 44 heavy (non-hydrogen) atoms. The van der Waals surface area contributed by atoms with E-state index in [4.69, 9.17) is 24.0 Å². The van der Waals surface area contributed by atoms with Gasteiger partial charge in [-0.15, -0.1) is 11.8 Å². The first kappa shape index (κ1) is 30.1. The second-order valence-corrected chi connectivity index (χ2v) is 14.5. The zero-order chi connectivity index (χ0) is 30.4. The van der Waals surface area contributed by atoms with Crippen molar-refractivity contribution in [3.63, 3.8) is 0 Å². The minimum atomic E-state index is -0.901. The lowest BCUT2D eigenvalue weighted by Crippen LogP contribution is -2.69. The van der Waals surface area contributed by atoms with E-state index < -0.39 is 23.8 Å². The molecule has 0 aromatic rings. The largest absolute Gasteiger partial charge is 0.449 e. The monoisotopic (exact) mass is 613 g/mol. The SMILES string of the molecule is CNC(=O)OC1CCC[C@]2(C1)OOC1(O2)C2CC3CC1CC(NC(=O)CCCNC(=O)OCC1[C@H]4CCC#CCC[C@@H]14)(C3)C2. The van der Waals surface area contributed by atoms with Crippen molar-refractivity contribution in [3.05, 3.63) is 0 Å². The Hall–Kier alpha value is -2.55. The van der Waals surface area contributed by atoms with Crippen LogP contribution in [0.4, 0.5) is 9.59 Å². The van der Waals surface area contributed by atoms with Crippen LogP contribution >= 0.6 is 0 Å². The Morgan fingerprint density at radius 1 is 0.932 bits per heavy atom. The third-order valence-electron chi connectivity index (χ3n) is 11.6. The quantitative estimate of drug-likeness (QED) is 0.210. The molecule has 0 radical (unpaired) electrons. The zero-order valence-electron chi connectivity index (χ0n) is 25.8. The van der Waals surface area contributed by atoms with E-state index >= 15 is 0 Å². The van der Waals surface area contributed by atoms with Crippen molar-refractivity contribution in [2.75, 3.05) is 20.2 Å². The van der Waals surface area contributed by atoms with Crippen LogP contribution < -0.4 is 16.0 Å². The minimum Gasteiger partial charge on any atom is -0.449 e. The highest BCUT2D eigenvalue weighted by Gasteiger charge is 2.70. The number of alkyl carbamates (subject to hydrolysis) is 2. The second-order valence-electron chi connectivity index (χ2n) is 14.5. The number of amides is 3. The van der Waals surface area contributed by atoms with Gasteiger partial charge in [0.1, 0.15) is 6.10 Å². The molecule has 4 bridgehead atoms. The maximum atomic E-state index is 13.1. The summed E-state index contributed by atoms with van der Waals surface area (Å²) in [5.41, 5.74) is -0.255. The van der Waals surface area contributed by atoms with E-state index in [1.807, 2.05) is 0 Å². The molecule has 2 spiro atoms. The number of rotatable bonds is 8. The number of hydrogen-bond acceptors (Lipinski definition) is 8. The van der Waals surface area contributed by atoms with Crippen molar-refractivity contribution in [1.82, 2.24) is 16.0 Å². The maximum Gasteiger partial charge on any atom is 0.407 e. The van der Waals surface area contributed by atoms with E-state index in [0.717, 1.165) is 70.6 Å². The molecule has 1 saturated heterocycles. The molecule has 3 N–H and O–H groups in total. The van der Waals surface area contributed by atoms with Gasteiger partial charge in [0.05, 0.1) is 6.61 Å². The van der Waals surface area contributed by atoms with Gasteiger partial charge in [0.2, 0.25) is 17.5 Å². The molecule has 0 aromatic heterocycles. The molecule has 242 valence electrons. The lowest BCUT2D eigenvalue weighted by atomic mass is 9.50. The van der Waals surface area contributed by atoms with Gasteiger partial charge in [0, 0.05) is 63.1 Å². The fourth-order valence-corrected chi connectivity index (χ4v) is 9.78. The van der Waals surface area contributed by atoms with Crippen LogP contribution in [0.2, 0.25) is 0 Å². The van der Waals surface area contributed by atoms with Crippen LogP contribution in [0.25, 0.3) is 0 Å². The molecule has 4 unspecified atom stereocenters. The molecule has 8 aliphatic rings. The summed E-state index contributed by atoms with van der Waals surface area (Å²) in [5.74, 6) is 7.27. The molecule has 7 atom stereocenters. The topological polar surface area (TPSA) is 133 Å². The van der Waals surface area contributed by atoms with Crippen LogP contribution in [0.15, 0.2) is 0 Å².